The standard InChI is InChI=1S/C22H31N3O4S/c1-16(2)23-30(27,28)21-15-17(11-12-20(21)29-4)22(26)25-14-7-5-6-9-19(25)18-10-8-13-24(18)3/h8,10-13,15-16,19,23H,5-7,9,14H2,1-4H3/t19-/m1/s1. The number of aryl methyl sites for hydroxylation is 1. The smallest absolute Gasteiger partial charge is 0.254 e. The van der Waals surface area contributed by atoms with Crippen LogP contribution in [0.25, 0.3) is 0 Å². The summed E-state index contributed by atoms with van der Waals surface area (Å²) in [5.41, 5.74) is 1.44. The van der Waals surface area contributed by atoms with Gasteiger partial charge in [-0.25, -0.2) is 13.1 Å². The summed E-state index contributed by atoms with van der Waals surface area (Å²) < 4.78 is 35.5. The molecule has 7 nitrogen and oxygen atoms in total. The third-order valence-electron chi connectivity index (χ3n) is 5.43. The number of rotatable bonds is 6. The van der Waals surface area contributed by atoms with E-state index < -0.39 is 10.0 Å². The van der Waals surface area contributed by atoms with Crippen molar-refractivity contribution in [1.29, 1.82) is 0 Å². The van der Waals surface area contributed by atoms with Gasteiger partial charge in [-0.05, 0) is 57.0 Å². The number of carbonyl (C=O) groups excluding carboxylic acids is 1. The van der Waals surface area contributed by atoms with Crippen LogP contribution in [0.15, 0.2) is 41.4 Å². The average Bonchev–Trinajstić information content (AvgIpc) is 2.97. The number of likely N-dealkylation sites (tertiary alicyclic amines) is 1. The molecular formula is C22H31N3O4S. The maximum atomic E-state index is 13.5. The number of carbonyl (C=O) groups is 1. The van der Waals surface area contributed by atoms with Gasteiger partial charge in [0.05, 0.1) is 13.2 Å². The molecule has 2 aromatic rings. The van der Waals surface area contributed by atoms with Crippen LogP contribution >= 0.6 is 0 Å². The number of sulfonamides is 1. The Morgan fingerprint density at radius 1 is 1.20 bits per heavy atom. The van der Waals surface area contributed by atoms with Crippen molar-refractivity contribution in [2.45, 2.75) is 56.5 Å². The van der Waals surface area contributed by atoms with Gasteiger partial charge in [0.25, 0.3) is 5.91 Å². The molecule has 1 aliphatic rings. The lowest BCUT2D eigenvalue weighted by molar-refractivity contribution is 0.0674. The zero-order valence-corrected chi connectivity index (χ0v) is 18.9. The first-order chi connectivity index (χ1) is 14.2. The molecular weight excluding hydrogens is 402 g/mol. The fourth-order valence-corrected chi connectivity index (χ4v) is 5.48. The molecule has 1 fully saturated rings. The Hall–Kier alpha value is -2.32. The van der Waals surface area contributed by atoms with Crippen molar-refractivity contribution in [1.82, 2.24) is 14.2 Å². The number of aromatic nitrogens is 1. The molecule has 0 aliphatic carbocycles. The largest absolute Gasteiger partial charge is 0.495 e. The molecule has 0 spiro atoms. The lowest BCUT2D eigenvalue weighted by Gasteiger charge is -2.31. The van der Waals surface area contributed by atoms with E-state index in [1.54, 1.807) is 26.0 Å². The van der Waals surface area contributed by atoms with E-state index >= 15 is 0 Å². The summed E-state index contributed by atoms with van der Waals surface area (Å²) in [5.74, 6) is 0.0568. The summed E-state index contributed by atoms with van der Waals surface area (Å²) in [4.78, 5) is 15.4. The molecule has 8 heteroatoms. The van der Waals surface area contributed by atoms with Gasteiger partial charge >= 0.3 is 0 Å². The summed E-state index contributed by atoms with van der Waals surface area (Å²) in [6, 6.07) is 8.35. The molecule has 3 rings (SSSR count). The Bertz CT molecular complexity index is 998. The molecule has 2 heterocycles. The van der Waals surface area contributed by atoms with E-state index in [9.17, 15) is 13.2 Å². The number of ether oxygens (including phenoxy) is 1. The molecule has 0 bridgehead atoms. The van der Waals surface area contributed by atoms with Crippen LogP contribution in [-0.2, 0) is 17.1 Å². The normalized spacial score (nSPS) is 17.8. The molecule has 1 atom stereocenters. The van der Waals surface area contributed by atoms with Gasteiger partial charge in [-0.1, -0.05) is 12.8 Å². The first kappa shape index (κ1) is 22.4. The monoisotopic (exact) mass is 433 g/mol. The molecule has 1 amide bonds. The predicted molar refractivity (Wildman–Crippen MR) is 116 cm³/mol. The number of hydrogen-bond acceptors (Lipinski definition) is 4. The minimum Gasteiger partial charge on any atom is -0.495 e. The van der Waals surface area contributed by atoms with Gasteiger partial charge in [-0.15, -0.1) is 0 Å². The summed E-state index contributed by atoms with van der Waals surface area (Å²) in [6.45, 7) is 4.15. The van der Waals surface area contributed by atoms with Crippen molar-refractivity contribution < 1.29 is 17.9 Å². The summed E-state index contributed by atoms with van der Waals surface area (Å²) in [5, 5.41) is 0. The summed E-state index contributed by atoms with van der Waals surface area (Å²) in [6.07, 6.45) is 5.94. The van der Waals surface area contributed by atoms with Crippen LogP contribution in [0.4, 0.5) is 0 Å². The zero-order valence-electron chi connectivity index (χ0n) is 18.1. The van der Waals surface area contributed by atoms with E-state index in [2.05, 4.69) is 4.72 Å². The van der Waals surface area contributed by atoms with Crippen LogP contribution in [0, 0.1) is 0 Å². The molecule has 0 saturated carbocycles. The van der Waals surface area contributed by atoms with Crippen molar-refractivity contribution in [3.8, 4) is 5.75 Å². The van der Waals surface area contributed by atoms with E-state index in [1.807, 2.05) is 34.8 Å². The molecule has 1 aliphatic heterocycles. The number of nitrogens with one attached hydrogen (secondary N) is 1. The van der Waals surface area contributed by atoms with Crippen LogP contribution in [0.1, 0.15) is 61.6 Å². The first-order valence-electron chi connectivity index (χ1n) is 10.4. The second-order valence-corrected chi connectivity index (χ2v) is 9.73. The van der Waals surface area contributed by atoms with Gasteiger partial charge < -0.3 is 14.2 Å². The number of benzene rings is 1. The van der Waals surface area contributed by atoms with Crippen LogP contribution < -0.4 is 9.46 Å². The number of amides is 1. The second kappa shape index (κ2) is 9.22. The fraction of sp³-hybridized carbons (Fsp3) is 0.500. The Kier molecular flexibility index (Phi) is 6.88. The zero-order chi connectivity index (χ0) is 21.9. The molecule has 30 heavy (non-hydrogen) atoms. The lowest BCUT2D eigenvalue weighted by Crippen LogP contribution is -2.36. The van der Waals surface area contributed by atoms with Gasteiger partial charge in [0, 0.05) is 37.1 Å². The van der Waals surface area contributed by atoms with Gasteiger partial charge in [-0.2, -0.15) is 0 Å². The van der Waals surface area contributed by atoms with E-state index in [1.165, 1.54) is 13.2 Å². The third kappa shape index (κ3) is 4.70. The van der Waals surface area contributed by atoms with Crippen molar-refractivity contribution in [2.75, 3.05) is 13.7 Å². The van der Waals surface area contributed by atoms with Crippen molar-refractivity contribution >= 4 is 15.9 Å². The predicted octanol–water partition coefficient (Wildman–Crippen LogP) is 3.48. The number of nitrogens with zero attached hydrogens (tertiary/aromatic N) is 2. The van der Waals surface area contributed by atoms with Gasteiger partial charge in [0.2, 0.25) is 10.0 Å². The maximum Gasteiger partial charge on any atom is 0.254 e. The number of hydrogen-bond donors (Lipinski definition) is 1. The van der Waals surface area contributed by atoms with Crippen molar-refractivity contribution in [3.05, 3.63) is 47.8 Å². The number of methoxy groups -OCH3 is 1. The second-order valence-electron chi connectivity index (χ2n) is 8.05. The Morgan fingerprint density at radius 2 is 1.97 bits per heavy atom. The van der Waals surface area contributed by atoms with Crippen LogP contribution in [-0.4, -0.2) is 43.5 Å². The van der Waals surface area contributed by atoms with E-state index in [-0.39, 0.29) is 28.6 Å². The van der Waals surface area contributed by atoms with E-state index in [0.29, 0.717) is 12.1 Å². The molecule has 1 aromatic heterocycles. The highest BCUT2D eigenvalue weighted by molar-refractivity contribution is 7.89. The Morgan fingerprint density at radius 3 is 2.60 bits per heavy atom. The maximum absolute atomic E-state index is 13.5. The van der Waals surface area contributed by atoms with Gasteiger partial charge in [0.15, 0.2) is 0 Å². The molecule has 164 valence electrons. The highest BCUT2D eigenvalue weighted by Crippen LogP contribution is 2.33. The average molecular weight is 434 g/mol. The topological polar surface area (TPSA) is 80.6 Å². The minimum absolute atomic E-state index is 0.0187. The van der Waals surface area contributed by atoms with Gasteiger partial charge in [0.1, 0.15) is 10.6 Å². The lowest BCUT2D eigenvalue weighted by atomic mass is 10.1. The van der Waals surface area contributed by atoms with E-state index in [0.717, 1.165) is 31.4 Å². The quantitative estimate of drug-likeness (QED) is 0.756. The van der Waals surface area contributed by atoms with Crippen LogP contribution in [0.2, 0.25) is 0 Å². The summed E-state index contributed by atoms with van der Waals surface area (Å²) in [7, 11) is -0.403. The Labute approximate surface area is 179 Å². The SMILES string of the molecule is COc1ccc(C(=O)N2CCCCC[C@@H]2c2cccn2C)cc1S(=O)(=O)NC(C)C. The van der Waals surface area contributed by atoms with Gasteiger partial charge in [-0.3, -0.25) is 4.79 Å². The molecule has 0 unspecified atom stereocenters. The fourth-order valence-electron chi connectivity index (χ4n) is 4.04. The summed E-state index contributed by atoms with van der Waals surface area (Å²) >= 11 is 0. The van der Waals surface area contributed by atoms with E-state index in [4.69, 9.17) is 4.74 Å². The highest BCUT2D eigenvalue weighted by Gasteiger charge is 2.30. The Balaban J connectivity index is 2.00. The van der Waals surface area contributed by atoms with Crippen molar-refractivity contribution in [2.24, 2.45) is 7.05 Å². The molecule has 1 saturated heterocycles. The third-order valence-corrected chi connectivity index (χ3v) is 7.11. The molecule has 1 N–H and O–H groups in total. The highest BCUT2D eigenvalue weighted by atomic mass is 32.2. The molecule has 0 radical (unpaired) electrons. The first-order valence-corrected chi connectivity index (χ1v) is 11.9. The van der Waals surface area contributed by atoms with Crippen LogP contribution in [0.3, 0.4) is 0 Å². The van der Waals surface area contributed by atoms with Crippen LogP contribution in [0.5, 0.6) is 5.75 Å². The minimum atomic E-state index is -3.81. The van der Waals surface area contributed by atoms with Crippen molar-refractivity contribution in [3.63, 3.8) is 0 Å². The molecule has 1 aromatic carbocycles.